The summed E-state index contributed by atoms with van der Waals surface area (Å²) in [6.07, 6.45) is 1.02. The average molecular weight is 340 g/mol. The van der Waals surface area contributed by atoms with Crippen LogP contribution in [0.15, 0.2) is 91.0 Å². The Bertz CT molecular complexity index is 932. The molecule has 0 aliphatic carbocycles. The lowest BCUT2D eigenvalue weighted by Crippen LogP contribution is -1.96. The minimum absolute atomic E-state index is 0.723. The van der Waals surface area contributed by atoms with Crippen molar-refractivity contribution in [2.75, 3.05) is 7.11 Å². The minimum atomic E-state index is -0.749. The van der Waals surface area contributed by atoms with Gasteiger partial charge in [0.2, 0.25) is 0 Å². The maximum absolute atomic E-state index is 10.6. The van der Waals surface area contributed by atoms with Gasteiger partial charge in [0, 0.05) is 16.7 Å². The molecule has 3 aromatic rings. The van der Waals surface area contributed by atoms with E-state index in [9.17, 15) is 5.11 Å². The van der Waals surface area contributed by atoms with E-state index < -0.39 is 6.10 Å². The predicted octanol–water partition coefficient (Wildman–Crippen LogP) is 4.86. The highest BCUT2D eigenvalue weighted by molar-refractivity contribution is 5.83. The zero-order valence-corrected chi connectivity index (χ0v) is 14.6. The molecule has 2 heteroatoms. The summed E-state index contributed by atoms with van der Waals surface area (Å²) < 4.78 is 5.48. The molecule has 26 heavy (non-hydrogen) atoms. The third-order valence-electron chi connectivity index (χ3n) is 3.98. The fourth-order valence-corrected chi connectivity index (χ4v) is 2.63. The molecule has 0 amide bonds. The van der Waals surface area contributed by atoms with Gasteiger partial charge in [0.1, 0.15) is 5.75 Å². The first-order valence-corrected chi connectivity index (χ1v) is 8.43. The van der Waals surface area contributed by atoms with E-state index in [2.05, 4.69) is 11.8 Å². The number of hydrogen-bond acceptors (Lipinski definition) is 2. The average Bonchev–Trinajstić information content (AvgIpc) is 2.72. The van der Waals surface area contributed by atoms with Gasteiger partial charge in [0.25, 0.3) is 0 Å². The molecule has 0 spiro atoms. The summed E-state index contributed by atoms with van der Waals surface area (Å²) in [6, 6.07) is 27.0. The fourth-order valence-electron chi connectivity index (χ4n) is 2.63. The standard InChI is InChI=1S/C24H20O2/c1-26-24-15-9-8-14-22(24)21(17-16-19-10-4-2-5-11-19)18-23(25)20-12-6-3-7-13-20/h2-15,18,23,25H,1H3/b21-18+. The number of allylic oxidation sites excluding steroid dienone is 1. The highest BCUT2D eigenvalue weighted by Crippen LogP contribution is 2.28. The van der Waals surface area contributed by atoms with E-state index in [1.54, 1.807) is 13.2 Å². The van der Waals surface area contributed by atoms with Crippen LogP contribution in [0.4, 0.5) is 0 Å². The second kappa shape index (κ2) is 8.71. The highest BCUT2D eigenvalue weighted by Gasteiger charge is 2.10. The molecule has 0 aromatic heterocycles. The maximum atomic E-state index is 10.6. The van der Waals surface area contributed by atoms with E-state index >= 15 is 0 Å². The van der Waals surface area contributed by atoms with E-state index in [0.29, 0.717) is 0 Å². The summed E-state index contributed by atoms with van der Waals surface area (Å²) in [5, 5.41) is 10.6. The molecule has 3 rings (SSSR count). The number of hydrogen-bond donors (Lipinski definition) is 1. The zero-order chi connectivity index (χ0) is 18.2. The van der Waals surface area contributed by atoms with Crippen LogP contribution in [0.1, 0.15) is 22.8 Å². The van der Waals surface area contributed by atoms with Gasteiger partial charge in [0.05, 0.1) is 13.2 Å². The lowest BCUT2D eigenvalue weighted by molar-refractivity contribution is 0.229. The molecule has 0 heterocycles. The number of methoxy groups -OCH3 is 1. The monoisotopic (exact) mass is 340 g/mol. The minimum Gasteiger partial charge on any atom is -0.496 e. The van der Waals surface area contributed by atoms with Crippen LogP contribution in [0.25, 0.3) is 5.57 Å². The van der Waals surface area contributed by atoms with Crippen LogP contribution < -0.4 is 4.74 Å². The molecule has 1 unspecified atom stereocenters. The SMILES string of the molecule is COc1ccccc1/C(C#Cc1ccccc1)=C/C(O)c1ccccc1. The Labute approximate surface area is 154 Å². The van der Waals surface area contributed by atoms with E-state index in [4.69, 9.17) is 4.74 Å². The molecule has 0 fully saturated rings. The normalized spacial score (nSPS) is 12.0. The molecule has 0 radical (unpaired) electrons. The number of benzene rings is 3. The third-order valence-corrected chi connectivity index (χ3v) is 3.98. The molecule has 128 valence electrons. The van der Waals surface area contributed by atoms with Gasteiger partial charge in [-0.1, -0.05) is 78.6 Å². The van der Waals surface area contributed by atoms with Crippen LogP contribution in [0.2, 0.25) is 0 Å². The summed E-state index contributed by atoms with van der Waals surface area (Å²) in [5.41, 5.74) is 3.32. The van der Waals surface area contributed by atoms with Gasteiger partial charge >= 0.3 is 0 Å². The van der Waals surface area contributed by atoms with Crippen LogP contribution >= 0.6 is 0 Å². The van der Waals surface area contributed by atoms with Crippen molar-refractivity contribution in [3.63, 3.8) is 0 Å². The van der Waals surface area contributed by atoms with Gasteiger partial charge in [0.15, 0.2) is 0 Å². The summed E-state index contributed by atoms with van der Waals surface area (Å²) in [6.45, 7) is 0. The molecular formula is C24H20O2. The number of rotatable bonds is 4. The van der Waals surface area contributed by atoms with Crippen LogP contribution in [-0.2, 0) is 0 Å². The molecule has 2 nitrogen and oxygen atoms in total. The van der Waals surface area contributed by atoms with E-state index in [0.717, 1.165) is 28.0 Å². The first-order valence-electron chi connectivity index (χ1n) is 8.43. The molecule has 0 bridgehead atoms. The largest absolute Gasteiger partial charge is 0.496 e. The van der Waals surface area contributed by atoms with Crippen LogP contribution in [0, 0.1) is 11.8 Å². The fraction of sp³-hybridized carbons (Fsp3) is 0.0833. The number of ether oxygens (including phenoxy) is 1. The van der Waals surface area contributed by atoms with Crippen LogP contribution in [0.3, 0.4) is 0 Å². The molecule has 0 aliphatic heterocycles. The second-order valence-electron chi connectivity index (χ2n) is 5.75. The molecule has 0 saturated carbocycles. The molecule has 0 saturated heterocycles. The Morgan fingerprint density at radius 1 is 0.885 bits per heavy atom. The quantitative estimate of drug-likeness (QED) is 0.687. The Balaban J connectivity index is 2.04. The Hall–Kier alpha value is -3.28. The summed E-state index contributed by atoms with van der Waals surface area (Å²) in [5.74, 6) is 7.09. The van der Waals surface area contributed by atoms with Gasteiger partial charge in [-0.25, -0.2) is 0 Å². The van der Waals surface area contributed by atoms with Crippen molar-refractivity contribution in [3.05, 3.63) is 108 Å². The van der Waals surface area contributed by atoms with Crippen molar-refractivity contribution < 1.29 is 9.84 Å². The van der Waals surface area contributed by atoms with E-state index in [1.165, 1.54) is 0 Å². The van der Waals surface area contributed by atoms with E-state index in [1.807, 2.05) is 84.9 Å². The highest BCUT2D eigenvalue weighted by atomic mass is 16.5. The van der Waals surface area contributed by atoms with Gasteiger partial charge in [-0.15, -0.1) is 0 Å². The van der Waals surface area contributed by atoms with Crippen molar-refractivity contribution >= 4 is 5.57 Å². The number of aliphatic hydroxyl groups excluding tert-OH is 1. The van der Waals surface area contributed by atoms with Crippen molar-refractivity contribution in [2.24, 2.45) is 0 Å². The van der Waals surface area contributed by atoms with Crippen molar-refractivity contribution in [2.45, 2.75) is 6.10 Å². The molecule has 1 N–H and O–H groups in total. The Morgan fingerprint density at radius 2 is 1.50 bits per heavy atom. The topological polar surface area (TPSA) is 29.5 Å². The lowest BCUT2D eigenvalue weighted by atomic mass is 10.00. The van der Waals surface area contributed by atoms with Crippen molar-refractivity contribution in [3.8, 4) is 17.6 Å². The smallest absolute Gasteiger partial charge is 0.127 e. The van der Waals surface area contributed by atoms with Crippen LogP contribution in [-0.4, -0.2) is 12.2 Å². The van der Waals surface area contributed by atoms with Crippen LogP contribution in [0.5, 0.6) is 5.75 Å². The zero-order valence-electron chi connectivity index (χ0n) is 14.6. The van der Waals surface area contributed by atoms with Crippen molar-refractivity contribution in [1.29, 1.82) is 0 Å². The first kappa shape index (κ1) is 17.5. The molecule has 3 aromatic carbocycles. The van der Waals surface area contributed by atoms with Gasteiger partial charge in [-0.05, 0) is 29.8 Å². The summed E-state index contributed by atoms with van der Waals surface area (Å²) in [7, 11) is 1.63. The predicted molar refractivity (Wildman–Crippen MR) is 106 cm³/mol. The summed E-state index contributed by atoms with van der Waals surface area (Å²) >= 11 is 0. The number of para-hydroxylation sites is 1. The summed E-state index contributed by atoms with van der Waals surface area (Å²) in [4.78, 5) is 0. The number of aliphatic hydroxyl groups is 1. The first-order chi connectivity index (χ1) is 12.8. The van der Waals surface area contributed by atoms with Gasteiger partial charge in [-0.2, -0.15) is 0 Å². The Kier molecular flexibility index (Phi) is 5.88. The van der Waals surface area contributed by atoms with Gasteiger partial charge in [-0.3, -0.25) is 0 Å². The maximum Gasteiger partial charge on any atom is 0.127 e. The Morgan fingerprint density at radius 3 is 2.19 bits per heavy atom. The lowest BCUT2D eigenvalue weighted by Gasteiger charge is -2.11. The second-order valence-corrected chi connectivity index (χ2v) is 5.75. The van der Waals surface area contributed by atoms with E-state index in [-0.39, 0.29) is 0 Å². The molecular weight excluding hydrogens is 320 g/mol. The molecule has 1 atom stereocenters. The third kappa shape index (κ3) is 4.42. The molecule has 0 aliphatic rings. The van der Waals surface area contributed by atoms with Crippen molar-refractivity contribution in [1.82, 2.24) is 0 Å². The van der Waals surface area contributed by atoms with Gasteiger partial charge < -0.3 is 9.84 Å².